The highest BCUT2D eigenvalue weighted by Gasteiger charge is 2.16. The van der Waals surface area contributed by atoms with E-state index < -0.39 is 0 Å². The predicted octanol–water partition coefficient (Wildman–Crippen LogP) is 3.38. The number of nitrogens with one attached hydrogen (secondary N) is 1. The van der Waals surface area contributed by atoms with E-state index in [2.05, 4.69) is 43.2 Å². The van der Waals surface area contributed by atoms with Crippen LogP contribution in [0.3, 0.4) is 0 Å². The third-order valence-corrected chi connectivity index (χ3v) is 3.87. The van der Waals surface area contributed by atoms with Gasteiger partial charge in [-0.2, -0.15) is 0 Å². The van der Waals surface area contributed by atoms with E-state index in [0.717, 1.165) is 30.9 Å². The molecule has 1 N–H and O–H groups in total. The zero-order chi connectivity index (χ0) is 13.8. The van der Waals surface area contributed by atoms with E-state index in [1.165, 1.54) is 10.9 Å². The predicted molar refractivity (Wildman–Crippen MR) is 80.2 cm³/mol. The minimum absolute atomic E-state index is 0.580. The SMILES string of the molecule is CCC(C)N(C)Cc1c(CNC)oc2ccccc12. The normalized spacial score (nSPS) is 13.3. The first-order valence-electron chi connectivity index (χ1n) is 7.01. The number of para-hydroxylation sites is 1. The molecule has 3 nitrogen and oxygen atoms in total. The van der Waals surface area contributed by atoms with Crippen molar-refractivity contribution in [1.29, 1.82) is 0 Å². The van der Waals surface area contributed by atoms with Gasteiger partial charge in [0, 0.05) is 23.5 Å². The fourth-order valence-electron chi connectivity index (χ4n) is 2.34. The van der Waals surface area contributed by atoms with Gasteiger partial charge in [-0.05, 0) is 33.5 Å². The maximum absolute atomic E-state index is 5.96. The molecule has 0 spiro atoms. The van der Waals surface area contributed by atoms with Gasteiger partial charge in [0.1, 0.15) is 11.3 Å². The molecule has 19 heavy (non-hydrogen) atoms. The smallest absolute Gasteiger partial charge is 0.134 e. The number of benzene rings is 1. The van der Waals surface area contributed by atoms with Gasteiger partial charge >= 0.3 is 0 Å². The van der Waals surface area contributed by atoms with Crippen molar-refractivity contribution < 1.29 is 4.42 Å². The Morgan fingerprint density at radius 2 is 2.05 bits per heavy atom. The molecule has 1 aromatic heterocycles. The Morgan fingerprint density at radius 1 is 1.32 bits per heavy atom. The molecular formula is C16H24N2O. The summed E-state index contributed by atoms with van der Waals surface area (Å²) in [6.45, 7) is 6.20. The summed E-state index contributed by atoms with van der Waals surface area (Å²) in [4.78, 5) is 2.39. The molecule has 0 fully saturated rings. The second kappa shape index (κ2) is 6.22. The van der Waals surface area contributed by atoms with Crippen LogP contribution < -0.4 is 5.32 Å². The monoisotopic (exact) mass is 260 g/mol. The summed E-state index contributed by atoms with van der Waals surface area (Å²) >= 11 is 0. The van der Waals surface area contributed by atoms with E-state index in [1.54, 1.807) is 0 Å². The Labute approximate surface area is 115 Å². The molecule has 0 saturated carbocycles. The molecule has 0 saturated heterocycles. The Bertz CT molecular complexity index is 533. The number of nitrogens with zero attached hydrogens (tertiary/aromatic N) is 1. The molecule has 0 amide bonds. The summed E-state index contributed by atoms with van der Waals surface area (Å²) in [6, 6.07) is 8.88. The van der Waals surface area contributed by atoms with E-state index >= 15 is 0 Å². The van der Waals surface area contributed by atoms with Crippen LogP contribution in [0, 0.1) is 0 Å². The standard InChI is InChI=1S/C16H24N2O/c1-5-12(2)18(4)11-14-13-8-6-7-9-15(13)19-16(14)10-17-3/h6-9,12,17H,5,10-11H2,1-4H3. The van der Waals surface area contributed by atoms with Crippen LogP contribution in [0.15, 0.2) is 28.7 Å². The van der Waals surface area contributed by atoms with Crippen LogP contribution in [0.5, 0.6) is 0 Å². The quantitative estimate of drug-likeness (QED) is 0.863. The summed E-state index contributed by atoms with van der Waals surface area (Å²) in [7, 11) is 4.13. The van der Waals surface area contributed by atoms with Crippen LogP contribution in [0.1, 0.15) is 31.6 Å². The summed E-state index contributed by atoms with van der Waals surface area (Å²) in [5.74, 6) is 1.05. The lowest BCUT2D eigenvalue weighted by Gasteiger charge is -2.23. The maximum atomic E-state index is 5.96. The van der Waals surface area contributed by atoms with Gasteiger partial charge in [-0.1, -0.05) is 25.1 Å². The molecular weight excluding hydrogens is 236 g/mol. The van der Waals surface area contributed by atoms with Gasteiger partial charge in [0.05, 0.1) is 6.54 Å². The molecule has 0 bridgehead atoms. The molecule has 1 aromatic carbocycles. The average Bonchev–Trinajstić information content (AvgIpc) is 2.76. The lowest BCUT2D eigenvalue weighted by atomic mass is 10.1. The van der Waals surface area contributed by atoms with Gasteiger partial charge in [-0.25, -0.2) is 0 Å². The van der Waals surface area contributed by atoms with Crippen LogP contribution in [-0.4, -0.2) is 25.0 Å². The average molecular weight is 260 g/mol. The Morgan fingerprint density at radius 3 is 2.74 bits per heavy atom. The molecule has 0 radical (unpaired) electrons. The van der Waals surface area contributed by atoms with Crippen molar-refractivity contribution in [3.8, 4) is 0 Å². The van der Waals surface area contributed by atoms with Crippen molar-refractivity contribution in [3.63, 3.8) is 0 Å². The van der Waals surface area contributed by atoms with Crippen LogP contribution >= 0.6 is 0 Å². The van der Waals surface area contributed by atoms with Gasteiger partial charge in [-0.3, -0.25) is 4.90 Å². The largest absolute Gasteiger partial charge is 0.459 e. The number of furan rings is 1. The highest BCUT2D eigenvalue weighted by atomic mass is 16.3. The van der Waals surface area contributed by atoms with Gasteiger partial charge in [-0.15, -0.1) is 0 Å². The third-order valence-electron chi connectivity index (χ3n) is 3.87. The van der Waals surface area contributed by atoms with Crippen molar-refractivity contribution >= 4 is 11.0 Å². The lowest BCUT2D eigenvalue weighted by molar-refractivity contribution is 0.242. The number of hydrogen-bond acceptors (Lipinski definition) is 3. The fraction of sp³-hybridized carbons (Fsp3) is 0.500. The van der Waals surface area contributed by atoms with Crippen LogP contribution in [-0.2, 0) is 13.1 Å². The molecule has 0 aliphatic rings. The first-order valence-corrected chi connectivity index (χ1v) is 7.01. The fourth-order valence-corrected chi connectivity index (χ4v) is 2.34. The van der Waals surface area contributed by atoms with E-state index in [4.69, 9.17) is 4.42 Å². The van der Waals surface area contributed by atoms with Crippen LogP contribution in [0.2, 0.25) is 0 Å². The highest BCUT2D eigenvalue weighted by molar-refractivity contribution is 5.82. The number of rotatable bonds is 6. The summed E-state index contributed by atoms with van der Waals surface area (Å²) in [6.07, 6.45) is 1.16. The Kier molecular flexibility index (Phi) is 4.61. The first kappa shape index (κ1) is 14.1. The Hall–Kier alpha value is -1.32. The molecule has 2 rings (SSSR count). The molecule has 0 aliphatic heterocycles. The van der Waals surface area contributed by atoms with Crippen LogP contribution in [0.25, 0.3) is 11.0 Å². The van der Waals surface area contributed by atoms with Gasteiger partial charge in [0.25, 0.3) is 0 Å². The second-order valence-corrected chi connectivity index (χ2v) is 5.20. The maximum Gasteiger partial charge on any atom is 0.134 e. The van der Waals surface area contributed by atoms with E-state index in [1.807, 2.05) is 19.2 Å². The van der Waals surface area contributed by atoms with E-state index in [9.17, 15) is 0 Å². The molecule has 2 aromatic rings. The Balaban J connectivity index is 2.36. The second-order valence-electron chi connectivity index (χ2n) is 5.20. The van der Waals surface area contributed by atoms with Crippen molar-refractivity contribution in [2.45, 2.75) is 39.4 Å². The van der Waals surface area contributed by atoms with Crippen molar-refractivity contribution in [1.82, 2.24) is 10.2 Å². The number of fused-ring (bicyclic) bond motifs is 1. The van der Waals surface area contributed by atoms with Crippen molar-refractivity contribution in [2.75, 3.05) is 14.1 Å². The molecule has 104 valence electrons. The third kappa shape index (κ3) is 2.99. The van der Waals surface area contributed by atoms with Crippen molar-refractivity contribution in [2.24, 2.45) is 0 Å². The minimum atomic E-state index is 0.580. The van der Waals surface area contributed by atoms with E-state index in [-0.39, 0.29) is 0 Å². The zero-order valence-corrected chi connectivity index (χ0v) is 12.4. The van der Waals surface area contributed by atoms with Gasteiger partial charge in [0.2, 0.25) is 0 Å². The topological polar surface area (TPSA) is 28.4 Å². The molecule has 1 heterocycles. The summed E-state index contributed by atoms with van der Waals surface area (Å²) in [5, 5.41) is 4.43. The first-order chi connectivity index (χ1) is 9.17. The summed E-state index contributed by atoms with van der Waals surface area (Å²) < 4.78 is 5.96. The van der Waals surface area contributed by atoms with Crippen LogP contribution in [0.4, 0.5) is 0 Å². The lowest BCUT2D eigenvalue weighted by Crippen LogP contribution is -2.28. The molecule has 1 unspecified atom stereocenters. The molecule has 0 aliphatic carbocycles. The minimum Gasteiger partial charge on any atom is -0.459 e. The van der Waals surface area contributed by atoms with Crippen molar-refractivity contribution in [3.05, 3.63) is 35.6 Å². The highest BCUT2D eigenvalue weighted by Crippen LogP contribution is 2.27. The molecule has 1 atom stereocenters. The number of hydrogen-bond donors (Lipinski definition) is 1. The van der Waals surface area contributed by atoms with Gasteiger partial charge in [0.15, 0.2) is 0 Å². The zero-order valence-electron chi connectivity index (χ0n) is 12.4. The molecule has 3 heteroatoms. The van der Waals surface area contributed by atoms with Gasteiger partial charge < -0.3 is 9.73 Å². The summed E-state index contributed by atoms with van der Waals surface area (Å²) in [5.41, 5.74) is 2.30. The van der Waals surface area contributed by atoms with E-state index in [0.29, 0.717) is 6.04 Å².